The van der Waals surface area contributed by atoms with Crippen molar-refractivity contribution in [2.75, 3.05) is 0 Å². The monoisotopic (exact) mass is 255 g/mol. The molecule has 0 radical (unpaired) electrons. The van der Waals surface area contributed by atoms with Gasteiger partial charge in [0.1, 0.15) is 0 Å². The third-order valence-electron chi connectivity index (χ3n) is 4.25. The molecule has 1 nitrogen and oxygen atoms in total. The lowest BCUT2D eigenvalue weighted by atomic mass is 9.83. The number of rotatable bonds is 1. The SMILES string of the molecule is FC(F)(F)c1ccccc1C1CCC2CCC1N2. The van der Waals surface area contributed by atoms with Gasteiger partial charge in [0.15, 0.2) is 0 Å². The van der Waals surface area contributed by atoms with Crippen molar-refractivity contribution in [1.82, 2.24) is 5.32 Å². The van der Waals surface area contributed by atoms with Gasteiger partial charge in [-0.15, -0.1) is 0 Å². The summed E-state index contributed by atoms with van der Waals surface area (Å²) in [4.78, 5) is 0. The van der Waals surface area contributed by atoms with Gasteiger partial charge in [-0.1, -0.05) is 18.2 Å². The third-order valence-corrected chi connectivity index (χ3v) is 4.25. The Morgan fingerprint density at radius 3 is 2.50 bits per heavy atom. The summed E-state index contributed by atoms with van der Waals surface area (Å²) in [5.74, 6) is 0.0153. The number of benzene rings is 1. The summed E-state index contributed by atoms with van der Waals surface area (Å²) >= 11 is 0. The van der Waals surface area contributed by atoms with Crippen molar-refractivity contribution in [3.8, 4) is 0 Å². The molecule has 1 aromatic carbocycles. The molecule has 2 fully saturated rings. The summed E-state index contributed by atoms with van der Waals surface area (Å²) in [7, 11) is 0. The molecule has 3 rings (SSSR count). The number of hydrogen-bond donors (Lipinski definition) is 1. The van der Waals surface area contributed by atoms with Crippen LogP contribution in [0, 0.1) is 0 Å². The summed E-state index contributed by atoms with van der Waals surface area (Å²) in [5.41, 5.74) is 0.0185. The van der Waals surface area contributed by atoms with E-state index in [9.17, 15) is 13.2 Å². The van der Waals surface area contributed by atoms with E-state index in [1.54, 1.807) is 12.1 Å². The molecule has 0 saturated carbocycles. The van der Waals surface area contributed by atoms with Gasteiger partial charge in [-0.05, 0) is 43.2 Å². The molecular weight excluding hydrogens is 239 g/mol. The summed E-state index contributed by atoms with van der Waals surface area (Å²) in [5, 5.41) is 3.45. The van der Waals surface area contributed by atoms with Crippen LogP contribution < -0.4 is 5.32 Å². The van der Waals surface area contributed by atoms with Crippen molar-refractivity contribution in [3.63, 3.8) is 0 Å². The maximum absolute atomic E-state index is 13.0. The number of alkyl halides is 3. The Balaban J connectivity index is 1.96. The number of piperidine rings is 1. The highest BCUT2D eigenvalue weighted by molar-refractivity contribution is 5.34. The molecule has 0 amide bonds. The van der Waals surface area contributed by atoms with Gasteiger partial charge in [0.05, 0.1) is 5.56 Å². The minimum absolute atomic E-state index is 0.0153. The van der Waals surface area contributed by atoms with Crippen LogP contribution in [0.2, 0.25) is 0 Å². The molecule has 2 heterocycles. The van der Waals surface area contributed by atoms with Gasteiger partial charge >= 0.3 is 6.18 Å². The Bertz CT molecular complexity index is 441. The third kappa shape index (κ3) is 2.03. The molecule has 98 valence electrons. The fourth-order valence-electron chi connectivity index (χ4n) is 3.43. The van der Waals surface area contributed by atoms with Gasteiger partial charge in [0, 0.05) is 12.1 Å². The fraction of sp³-hybridized carbons (Fsp3) is 0.571. The minimum atomic E-state index is -4.24. The molecule has 0 spiro atoms. The Morgan fingerprint density at radius 2 is 1.72 bits per heavy atom. The maximum atomic E-state index is 13.0. The molecule has 0 aliphatic carbocycles. The zero-order chi connectivity index (χ0) is 12.8. The van der Waals surface area contributed by atoms with Crippen LogP contribution in [-0.4, -0.2) is 12.1 Å². The Kier molecular flexibility index (Phi) is 2.85. The van der Waals surface area contributed by atoms with Gasteiger partial charge in [0.25, 0.3) is 0 Å². The topological polar surface area (TPSA) is 12.0 Å². The smallest absolute Gasteiger partial charge is 0.311 e. The quantitative estimate of drug-likeness (QED) is 0.806. The second-order valence-corrected chi connectivity index (χ2v) is 5.32. The van der Waals surface area contributed by atoms with E-state index in [1.807, 2.05) is 0 Å². The van der Waals surface area contributed by atoms with Crippen molar-refractivity contribution in [2.45, 2.75) is 49.9 Å². The molecule has 2 aliphatic heterocycles. The van der Waals surface area contributed by atoms with Crippen LogP contribution >= 0.6 is 0 Å². The minimum Gasteiger partial charge on any atom is -0.311 e. The van der Waals surface area contributed by atoms with E-state index < -0.39 is 11.7 Å². The van der Waals surface area contributed by atoms with Crippen LogP contribution in [0.1, 0.15) is 42.7 Å². The summed E-state index contributed by atoms with van der Waals surface area (Å²) in [6.45, 7) is 0. The summed E-state index contributed by atoms with van der Waals surface area (Å²) in [6, 6.07) is 6.80. The van der Waals surface area contributed by atoms with E-state index in [4.69, 9.17) is 0 Å². The number of hydrogen-bond acceptors (Lipinski definition) is 1. The van der Waals surface area contributed by atoms with E-state index in [1.165, 1.54) is 12.1 Å². The lowest BCUT2D eigenvalue weighted by molar-refractivity contribution is -0.138. The number of nitrogens with one attached hydrogen (secondary N) is 1. The molecule has 18 heavy (non-hydrogen) atoms. The van der Waals surface area contributed by atoms with Crippen molar-refractivity contribution < 1.29 is 13.2 Å². The van der Waals surface area contributed by atoms with E-state index >= 15 is 0 Å². The zero-order valence-corrected chi connectivity index (χ0v) is 10.0. The second kappa shape index (κ2) is 4.26. The van der Waals surface area contributed by atoms with Crippen molar-refractivity contribution in [1.29, 1.82) is 0 Å². The van der Waals surface area contributed by atoms with Gasteiger partial charge in [-0.2, -0.15) is 13.2 Å². The highest BCUT2D eigenvalue weighted by atomic mass is 19.4. The number of halogens is 3. The summed E-state index contributed by atoms with van der Waals surface area (Å²) in [6.07, 6.45) is -0.272. The maximum Gasteiger partial charge on any atom is 0.416 e. The Hall–Kier alpha value is -1.03. The predicted molar refractivity (Wildman–Crippen MR) is 63.4 cm³/mol. The average Bonchev–Trinajstić information content (AvgIpc) is 2.70. The standard InChI is InChI=1S/C14H16F3N/c15-14(16,17)12-4-2-1-3-10(12)11-7-5-9-6-8-13(11)18-9/h1-4,9,11,13,18H,5-8H2. The van der Waals surface area contributed by atoms with Crippen LogP contribution in [0.15, 0.2) is 24.3 Å². The molecule has 4 heteroatoms. The van der Waals surface area contributed by atoms with E-state index in [-0.39, 0.29) is 12.0 Å². The number of fused-ring (bicyclic) bond motifs is 2. The van der Waals surface area contributed by atoms with Gasteiger partial charge in [-0.3, -0.25) is 0 Å². The molecule has 2 bridgehead atoms. The predicted octanol–water partition coefficient (Wildman–Crippen LogP) is 3.70. The first kappa shape index (κ1) is 12.0. The second-order valence-electron chi connectivity index (χ2n) is 5.32. The van der Waals surface area contributed by atoms with Crippen molar-refractivity contribution in [3.05, 3.63) is 35.4 Å². The molecule has 3 unspecified atom stereocenters. The van der Waals surface area contributed by atoms with E-state index in [0.29, 0.717) is 11.6 Å². The van der Waals surface area contributed by atoms with Crippen LogP contribution in [0.25, 0.3) is 0 Å². The van der Waals surface area contributed by atoms with E-state index in [2.05, 4.69) is 5.32 Å². The molecule has 1 aromatic rings. The largest absolute Gasteiger partial charge is 0.416 e. The highest BCUT2D eigenvalue weighted by Crippen LogP contribution is 2.42. The van der Waals surface area contributed by atoms with Crippen LogP contribution in [0.4, 0.5) is 13.2 Å². The van der Waals surface area contributed by atoms with Crippen LogP contribution in [0.3, 0.4) is 0 Å². The Morgan fingerprint density at radius 1 is 1.00 bits per heavy atom. The van der Waals surface area contributed by atoms with Crippen molar-refractivity contribution in [2.24, 2.45) is 0 Å². The fourth-order valence-corrected chi connectivity index (χ4v) is 3.43. The van der Waals surface area contributed by atoms with Gasteiger partial charge < -0.3 is 5.32 Å². The lowest BCUT2D eigenvalue weighted by Gasteiger charge is -2.32. The molecule has 3 atom stereocenters. The average molecular weight is 255 g/mol. The molecule has 2 saturated heterocycles. The van der Waals surface area contributed by atoms with E-state index in [0.717, 1.165) is 25.7 Å². The summed E-state index contributed by atoms with van der Waals surface area (Å²) < 4.78 is 39.1. The molecule has 1 N–H and O–H groups in total. The molecule has 2 aliphatic rings. The van der Waals surface area contributed by atoms with Gasteiger partial charge in [-0.25, -0.2) is 0 Å². The zero-order valence-electron chi connectivity index (χ0n) is 10.0. The van der Waals surface area contributed by atoms with Crippen LogP contribution in [0.5, 0.6) is 0 Å². The first-order valence-corrected chi connectivity index (χ1v) is 6.48. The Labute approximate surface area is 104 Å². The molecule has 0 aromatic heterocycles. The van der Waals surface area contributed by atoms with Gasteiger partial charge in [0.2, 0.25) is 0 Å². The first-order chi connectivity index (χ1) is 8.55. The van der Waals surface area contributed by atoms with Crippen LogP contribution in [-0.2, 0) is 6.18 Å². The first-order valence-electron chi connectivity index (χ1n) is 6.48. The molecular formula is C14H16F3N. The van der Waals surface area contributed by atoms with Crippen molar-refractivity contribution >= 4 is 0 Å². The lowest BCUT2D eigenvalue weighted by Crippen LogP contribution is -2.39. The highest BCUT2D eigenvalue weighted by Gasteiger charge is 2.40. The normalized spacial score (nSPS) is 31.6.